The van der Waals surface area contributed by atoms with Gasteiger partial charge < -0.3 is 14.8 Å². The Bertz CT molecular complexity index is 1320. The van der Waals surface area contributed by atoms with Crippen LogP contribution in [0, 0.1) is 11.3 Å². The van der Waals surface area contributed by atoms with E-state index in [-0.39, 0.29) is 26.0 Å². The zero-order valence-corrected chi connectivity index (χ0v) is 20.4. The molecular formula is C29H27N3O5. The number of benzene rings is 3. The molecule has 8 nitrogen and oxygen atoms in total. The quantitative estimate of drug-likeness (QED) is 0.501. The standard InChI is InChI=1S/C29H27N3O5/c1-36-28(34)25(15-21-10-7-11-22(14-21)17-30)31-27(33)26-16-23-12-5-6-13-24(23)18-32(26)29(35)37-19-20-8-3-2-4-9-20/h2-14,25-26H,15-16,18-19H2,1H3,(H,31,33)/t25-,26+/m1/s1. The van der Waals surface area contributed by atoms with Gasteiger partial charge in [0.25, 0.3) is 0 Å². The fraction of sp³-hybridized carbons (Fsp3) is 0.241. The van der Waals surface area contributed by atoms with Crippen LogP contribution in [0.25, 0.3) is 0 Å². The molecule has 0 fully saturated rings. The van der Waals surface area contributed by atoms with Gasteiger partial charge >= 0.3 is 12.1 Å². The van der Waals surface area contributed by atoms with Gasteiger partial charge in [0, 0.05) is 12.8 Å². The lowest BCUT2D eigenvalue weighted by Gasteiger charge is -2.35. The Morgan fingerprint density at radius 2 is 1.70 bits per heavy atom. The van der Waals surface area contributed by atoms with Gasteiger partial charge in [0.2, 0.25) is 5.91 Å². The Kier molecular flexibility index (Phi) is 8.16. The maximum Gasteiger partial charge on any atom is 0.411 e. The van der Waals surface area contributed by atoms with E-state index in [4.69, 9.17) is 9.47 Å². The molecule has 0 saturated carbocycles. The van der Waals surface area contributed by atoms with Gasteiger partial charge in [-0.1, -0.05) is 66.7 Å². The van der Waals surface area contributed by atoms with Crippen molar-refractivity contribution in [2.24, 2.45) is 0 Å². The Labute approximate surface area is 215 Å². The zero-order valence-electron chi connectivity index (χ0n) is 20.4. The first kappa shape index (κ1) is 25.5. The number of carbonyl (C=O) groups excluding carboxylic acids is 3. The van der Waals surface area contributed by atoms with Crippen molar-refractivity contribution in [2.45, 2.75) is 38.1 Å². The average molecular weight is 498 g/mol. The number of hydrogen-bond donors (Lipinski definition) is 1. The molecule has 1 aliphatic heterocycles. The smallest absolute Gasteiger partial charge is 0.411 e. The lowest BCUT2D eigenvalue weighted by molar-refractivity contribution is -0.145. The molecule has 2 amide bonds. The molecule has 37 heavy (non-hydrogen) atoms. The van der Waals surface area contributed by atoms with E-state index in [9.17, 15) is 19.6 Å². The number of rotatable bonds is 7. The zero-order chi connectivity index (χ0) is 26.2. The van der Waals surface area contributed by atoms with E-state index in [1.807, 2.05) is 54.6 Å². The third kappa shape index (κ3) is 6.33. The molecule has 1 heterocycles. The molecule has 188 valence electrons. The van der Waals surface area contributed by atoms with E-state index in [0.29, 0.717) is 11.1 Å². The van der Waals surface area contributed by atoms with Gasteiger partial charge in [-0.25, -0.2) is 9.59 Å². The minimum Gasteiger partial charge on any atom is -0.467 e. The van der Waals surface area contributed by atoms with Crippen molar-refractivity contribution in [3.8, 4) is 6.07 Å². The van der Waals surface area contributed by atoms with Gasteiger partial charge in [0.15, 0.2) is 0 Å². The number of ether oxygens (including phenoxy) is 2. The SMILES string of the molecule is COC(=O)[C@@H](Cc1cccc(C#N)c1)NC(=O)[C@@H]1Cc2ccccc2CN1C(=O)OCc1ccccc1. The first-order valence-corrected chi connectivity index (χ1v) is 11.9. The van der Waals surface area contributed by atoms with Crippen molar-refractivity contribution in [3.05, 3.63) is 107 Å². The predicted molar refractivity (Wildman–Crippen MR) is 135 cm³/mol. The molecular weight excluding hydrogens is 470 g/mol. The average Bonchev–Trinajstić information content (AvgIpc) is 2.95. The van der Waals surface area contributed by atoms with Gasteiger partial charge in [-0.15, -0.1) is 0 Å². The van der Waals surface area contributed by atoms with Gasteiger partial charge in [-0.3, -0.25) is 9.69 Å². The maximum atomic E-state index is 13.5. The topological polar surface area (TPSA) is 109 Å². The second-order valence-electron chi connectivity index (χ2n) is 8.76. The fourth-order valence-corrected chi connectivity index (χ4v) is 4.36. The van der Waals surface area contributed by atoms with Crippen molar-refractivity contribution in [1.29, 1.82) is 5.26 Å². The molecule has 0 unspecified atom stereocenters. The van der Waals surface area contributed by atoms with Crippen molar-refractivity contribution in [1.82, 2.24) is 10.2 Å². The highest BCUT2D eigenvalue weighted by atomic mass is 16.6. The van der Waals surface area contributed by atoms with E-state index in [0.717, 1.165) is 16.7 Å². The molecule has 0 saturated heterocycles. The number of amides is 2. The normalized spacial score (nSPS) is 15.0. The number of methoxy groups -OCH3 is 1. The van der Waals surface area contributed by atoms with Gasteiger partial charge in [0.05, 0.1) is 25.3 Å². The van der Waals surface area contributed by atoms with Crippen LogP contribution in [0.15, 0.2) is 78.9 Å². The summed E-state index contributed by atoms with van der Waals surface area (Å²) in [5, 5.41) is 12.0. The largest absolute Gasteiger partial charge is 0.467 e. The molecule has 0 aromatic heterocycles. The number of fused-ring (bicyclic) bond motifs is 1. The predicted octanol–water partition coefficient (Wildman–Crippen LogP) is 3.52. The summed E-state index contributed by atoms with van der Waals surface area (Å²) in [6, 6.07) is 23.9. The number of nitrogens with zero attached hydrogens (tertiary/aromatic N) is 2. The molecule has 8 heteroatoms. The second kappa shape index (κ2) is 11.9. The van der Waals surface area contributed by atoms with Gasteiger partial charge in [-0.2, -0.15) is 5.26 Å². The fourth-order valence-electron chi connectivity index (χ4n) is 4.36. The first-order chi connectivity index (χ1) is 18.0. The third-order valence-electron chi connectivity index (χ3n) is 6.29. The summed E-state index contributed by atoms with van der Waals surface area (Å²) in [7, 11) is 1.25. The molecule has 2 atom stereocenters. The summed E-state index contributed by atoms with van der Waals surface area (Å²) < 4.78 is 10.5. The van der Waals surface area contributed by atoms with Crippen molar-refractivity contribution in [3.63, 3.8) is 0 Å². The number of nitrogens with one attached hydrogen (secondary N) is 1. The van der Waals surface area contributed by atoms with Crippen molar-refractivity contribution in [2.75, 3.05) is 7.11 Å². The lowest BCUT2D eigenvalue weighted by atomic mass is 9.93. The Morgan fingerprint density at radius 1 is 1.00 bits per heavy atom. The van der Waals surface area contributed by atoms with Crippen LogP contribution < -0.4 is 5.32 Å². The van der Waals surface area contributed by atoms with Crippen LogP contribution in [0.5, 0.6) is 0 Å². The Morgan fingerprint density at radius 3 is 2.43 bits per heavy atom. The highest BCUT2D eigenvalue weighted by molar-refractivity contribution is 5.90. The summed E-state index contributed by atoms with van der Waals surface area (Å²) in [5.74, 6) is -1.11. The number of carbonyl (C=O) groups is 3. The monoisotopic (exact) mass is 497 g/mol. The van der Waals surface area contributed by atoms with Crippen LogP contribution in [0.2, 0.25) is 0 Å². The van der Waals surface area contributed by atoms with Crippen LogP contribution in [0.3, 0.4) is 0 Å². The number of esters is 1. The highest BCUT2D eigenvalue weighted by Gasteiger charge is 2.37. The molecule has 0 aliphatic carbocycles. The van der Waals surface area contributed by atoms with Crippen LogP contribution in [0.1, 0.15) is 27.8 Å². The molecule has 1 aliphatic rings. The molecule has 0 radical (unpaired) electrons. The van der Waals surface area contributed by atoms with Crippen molar-refractivity contribution >= 4 is 18.0 Å². The number of nitriles is 1. The summed E-state index contributed by atoms with van der Waals surface area (Å²) >= 11 is 0. The lowest BCUT2D eigenvalue weighted by Crippen LogP contribution is -2.56. The Balaban J connectivity index is 1.54. The molecule has 3 aromatic rings. The summed E-state index contributed by atoms with van der Waals surface area (Å²) in [6.45, 7) is 0.279. The van der Waals surface area contributed by atoms with E-state index < -0.39 is 30.1 Å². The van der Waals surface area contributed by atoms with Crippen LogP contribution >= 0.6 is 0 Å². The summed E-state index contributed by atoms with van der Waals surface area (Å²) in [4.78, 5) is 40.6. The van der Waals surface area contributed by atoms with Gasteiger partial charge in [-0.05, 0) is 34.4 Å². The molecule has 0 bridgehead atoms. The maximum absolute atomic E-state index is 13.5. The van der Waals surface area contributed by atoms with E-state index >= 15 is 0 Å². The van der Waals surface area contributed by atoms with Crippen LogP contribution in [-0.2, 0) is 45.1 Å². The molecule has 1 N–H and O–H groups in total. The molecule has 3 aromatic carbocycles. The third-order valence-corrected chi connectivity index (χ3v) is 6.29. The first-order valence-electron chi connectivity index (χ1n) is 11.9. The van der Waals surface area contributed by atoms with E-state index in [2.05, 4.69) is 11.4 Å². The Hall–Kier alpha value is -4.64. The minimum atomic E-state index is -0.995. The number of hydrogen-bond acceptors (Lipinski definition) is 6. The summed E-state index contributed by atoms with van der Waals surface area (Å²) in [5.41, 5.74) is 3.86. The second-order valence-corrected chi connectivity index (χ2v) is 8.76. The van der Waals surface area contributed by atoms with E-state index in [1.54, 1.807) is 24.3 Å². The van der Waals surface area contributed by atoms with E-state index in [1.165, 1.54) is 12.0 Å². The van der Waals surface area contributed by atoms with Crippen molar-refractivity contribution < 1.29 is 23.9 Å². The van der Waals surface area contributed by atoms with Crippen LogP contribution in [0.4, 0.5) is 4.79 Å². The van der Waals surface area contributed by atoms with Crippen LogP contribution in [-0.4, -0.2) is 42.1 Å². The van der Waals surface area contributed by atoms with Gasteiger partial charge in [0.1, 0.15) is 18.7 Å². The minimum absolute atomic E-state index is 0.0756. The molecule has 0 spiro atoms. The highest BCUT2D eigenvalue weighted by Crippen LogP contribution is 2.25. The molecule has 4 rings (SSSR count). The summed E-state index contributed by atoms with van der Waals surface area (Å²) in [6.07, 6.45) is -0.203.